The third kappa shape index (κ3) is 3.07. The van der Waals surface area contributed by atoms with Crippen LogP contribution in [0.4, 0.5) is 0 Å². The number of hydrogen-bond donors (Lipinski definition) is 0. The minimum atomic E-state index is 0.868. The molecule has 8 rings (SSSR count). The van der Waals surface area contributed by atoms with Crippen molar-refractivity contribution in [1.29, 1.82) is 0 Å². The average molecular weight is 486 g/mol. The summed E-state index contributed by atoms with van der Waals surface area (Å²) in [5.74, 6) is 1.75. The van der Waals surface area contributed by atoms with E-state index in [1.54, 1.807) is 0 Å². The number of nitrogens with zero attached hydrogens (tertiary/aromatic N) is 1. The minimum Gasteiger partial charge on any atom is -0.456 e. The summed E-state index contributed by atoms with van der Waals surface area (Å²) >= 11 is 0. The van der Waals surface area contributed by atoms with E-state index < -0.39 is 0 Å². The summed E-state index contributed by atoms with van der Waals surface area (Å²) in [6.45, 7) is 0. The van der Waals surface area contributed by atoms with Gasteiger partial charge in [-0.25, -0.2) is 0 Å². The van der Waals surface area contributed by atoms with Gasteiger partial charge in [0.25, 0.3) is 0 Å². The fraction of sp³-hybridized carbons (Fsp3) is 0. The second-order valence-corrected chi connectivity index (χ2v) is 9.75. The molecular formula is C36H23NO. The fourth-order valence-electron chi connectivity index (χ4n) is 5.96. The number of ether oxygens (including phenoxy) is 1. The van der Waals surface area contributed by atoms with E-state index in [0.29, 0.717) is 0 Å². The lowest BCUT2D eigenvalue weighted by atomic mass is 9.97. The number of fused-ring (bicyclic) bond motifs is 8. The van der Waals surface area contributed by atoms with E-state index in [9.17, 15) is 0 Å². The second kappa shape index (κ2) is 8.22. The van der Waals surface area contributed by atoms with Crippen LogP contribution in [0.3, 0.4) is 0 Å². The molecule has 0 fully saturated rings. The molecule has 6 aromatic carbocycles. The lowest BCUT2D eigenvalue weighted by molar-refractivity contribution is 0.487. The molecule has 1 aliphatic heterocycles. The predicted octanol–water partition coefficient (Wildman–Crippen LogP) is 9.89. The molecule has 0 saturated heterocycles. The topological polar surface area (TPSA) is 14.2 Å². The molecule has 0 N–H and O–H groups in total. The van der Waals surface area contributed by atoms with Crippen LogP contribution in [0.5, 0.6) is 11.5 Å². The molecule has 0 amide bonds. The molecule has 0 atom stereocenters. The zero-order valence-corrected chi connectivity index (χ0v) is 20.6. The van der Waals surface area contributed by atoms with Crippen molar-refractivity contribution in [1.82, 2.24) is 4.57 Å². The van der Waals surface area contributed by atoms with Gasteiger partial charge in [-0.05, 0) is 58.3 Å². The molecule has 1 aromatic heterocycles. The zero-order chi connectivity index (χ0) is 25.1. The van der Waals surface area contributed by atoms with E-state index in [1.165, 1.54) is 38.4 Å². The van der Waals surface area contributed by atoms with Crippen molar-refractivity contribution in [2.24, 2.45) is 0 Å². The third-order valence-corrected chi connectivity index (χ3v) is 7.60. The lowest BCUT2D eigenvalue weighted by Gasteiger charge is -2.15. The number of benzene rings is 6. The Morgan fingerprint density at radius 2 is 1.11 bits per heavy atom. The Hall–Kier alpha value is -5.08. The highest BCUT2D eigenvalue weighted by Gasteiger charge is 2.28. The summed E-state index contributed by atoms with van der Waals surface area (Å²) in [5, 5.41) is 3.72. The highest BCUT2D eigenvalue weighted by Crippen LogP contribution is 2.51. The van der Waals surface area contributed by atoms with Crippen LogP contribution in [0.25, 0.3) is 60.9 Å². The zero-order valence-electron chi connectivity index (χ0n) is 20.6. The van der Waals surface area contributed by atoms with Gasteiger partial charge in [0.2, 0.25) is 0 Å². The highest BCUT2D eigenvalue weighted by molar-refractivity contribution is 6.08. The molecule has 178 valence electrons. The molecule has 2 heteroatoms. The Labute approximate surface area is 221 Å². The van der Waals surface area contributed by atoms with E-state index in [0.717, 1.165) is 34.0 Å². The van der Waals surface area contributed by atoms with Gasteiger partial charge in [-0.3, -0.25) is 0 Å². The maximum atomic E-state index is 6.51. The van der Waals surface area contributed by atoms with E-state index >= 15 is 0 Å². The first-order chi connectivity index (χ1) is 18.9. The van der Waals surface area contributed by atoms with E-state index in [2.05, 4.69) is 132 Å². The standard InChI is InChI=1S/C36H23NO/c1-2-15-27-24(11-1)12-10-19-28(27)25-13-9-14-26(23-25)37-32-20-6-3-16-29(32)35-30-17-4-7-21-33(30)38-34-22-8-5-18-31(34)36(35)37/h1-23H. The van der Waals surface area contributed by atoms with Gasteiger partial charge in [0.1, 0.15) is 11.5 Å². The van der Waals surface area contributed by atoms with Gasteiger partial charge in [0, 0.05) is 27.8 Å². The van der Waals surface area contributed by atoms with Crippen LogP contribution in [-0.2, 0) is 0 Å². The maximum Gasteiger partial charge on any atom is 0.136 e. The number of rotatable bonds is 2. The number of hydrogen-bond acceptors (Lipinski definition) is 1. The van der Waals surface area contributed by atoms with Crippen LogP contribution in [0.15, 0.2) is 140 Å². The first-order valence-corrected chi connectivity index (χ1v) is 13.0. The first-order valence-electron chi connectivity index (χ1n) is 13.0. The molecule has 0 bridgehead atoms. The van der Waals surface area contributed by atoms with Crippen molar-refractivity contribution in [2.75, 3.05) is 0 Å². The smallest absolute Gasteiger partial charge is 0.136 e. The van der Waals surface area contributed by atoms with Crippen molar-refractivity contribution in [3.05, 3.63) is 140 Å². The largest absolute Gasteiger partial charge is 0.456 e. The summed E-state index contributed by atoms with van der Waals surface area (Å²) in [6, 6.07) is 49.5. The van der Waals surface area contributed by atoms with E-state index in [1.807, 2.05) is 12.1 Å². The van der Waals surface area contributed by atoms with Crippen LogP contribution >= 0.6 is 0 Å². The minimum absolute atomic E-state index is 0.868. The normalized spacial score (nSPS) is 11.9. The molecule has 2 heterocycles. The fourth-order valence-corrected chi connectivity index (χ4v) is 5.96. The van der Waals surface area contributed by atoms with Crippen molar-refractivity contribution in [2.45, 2.75) is 0 Å². The van der Waals surface area contributed by atoms with Gasteiger partial charge in [-0.15, -0.1) is 0 Å². The summed E-state index contributed by atoms with van der Waals surface area (Å²) in [5.41, 5.74) is 9.30. The molecule has 0 radical (unpaired) electrons. The molecule has 2 nitrogen and oxygen atoms in total. The molecule has 7 aromatic rings. The Balaban J connectivity index is 1.47. The maximum absolute atomic E-state index is 6.51. The van der Waals surface area contributed by atoms with Crippen molar-refractivity contribution < 1.29 is 4.74 Å². The Morgan fingerprint density at radius 1 is 0.474 bits per heavy atom. The van der Waals surface area contributed by atoms with Gasteiger partial charge >= 0.3 is 0 Å². The van der Waals surface area contributed by atoms with Crippen LogP contribution < -0.4 is 4.74 Å². The molecule has 0 saturated carbocycles. The van der Waals surface area contributed by atoms with Crippen LogP contribution in [-0.4, -0.2) is 4.57 Å². The summed E-state index contributed by atoms with van der Waals surface area (Å²) in [7, 11) is 0. The van der Waals surface area contributed by atoms with Gasteiger partial charge in [0.15, 0.2) is 0 Å². The number of para-hydroxylation sites is 3. The molecule has 38 heavy (non-hydrogen) atoms. The second-order valence-electron chi connectivity index (χ2n) is 9.75. The Kier molecular flexibility index (Phi) is 4.55. The van der Waals surface area contributed by atoms with Crippen molar-refractivity contribution in [3.8, 4) is 50.7 Å². The Bertz CT molecular complexity index is 2010. The van der Waals surface area contributed by atoms with E-state index in [4.69, 9.17) is 4.74 Å². The van der Waals surface area contributed by atoms with Crippen LogP contribution in [0.1, 0.15) is 0 Å². The lowest BCUT2D eigenvalue weighted by Crippen LogP contribution is -1.98. The molecule has 0 unspecified atom stereocenters. The van der Waals surface area contributed by atoms with Crippen molar-refractivity contribution in [3.63, 3.8) is 0 Å². The highest BCUT2D eigenvalue weighted by atomic mass is 16.5. The number of aromatic nitrogens is 1. The summed E-state index contributed by atoms with van der Waals surface area (Å²) in [4.78, 5) is 0. The van der Waals surface area contributed by atoms with Gasteiger partial charge in [-0.1, -0.05) is 103 Å². The summed E-state index contributed by atoms with van der Waals surface area (Å²) < 4.78 is 8.92. The van der Waals surface area contributed by atoms with Crippen molar-refractivity contribution >= 4 is 21.7 Å². The first kappa shape index (κ1) is 21.0. The quantitative estimate of drug-likeness (QED) is 0.238. The molecule has 0 aliphatic carbocycles. The van der Waals surface area contributed by atoms with Gasteiger partial charge < -0.3 is 9.30 Å². The molecule has 1 aliphatic rings. The molecular weight excluding hydrogens is 462 g/mol. The average Bonchev–Trinajstić information content (AvgIpc) is 3.24. The SMILES string of the molecule is c1cc(-c2cccc3ccccc23)cc(-n2c3c(c4ccccc42)-c2ccccc2Oc2ccccc2-3)c1. The Morgan fingerprint density at radius 3 is 2.00 bits per heavy atom. The molecule has 0 spiro atoms. The van der Waals surface area contributed by atoms with Gasteiger partial charge in [0.05, 0.1) is 11.2 Å². The van der Waals surface area contributed by atoms with Crippen LogP contribution in [0.2, 0.25) is 0 Å². The third-order valence-electron chi connectivity index (χ3n) is 7.60. The predicted molar refractivity (Wildman–Crippen MR) is 157 cm³/mol. The van der Waals surface area contributed by atoms with Gasteiger partial charge in [-0.2, -0.15) is 0 Å². The van der Waals surface area contributed by atoms with E-state index in [-0.39, 0.29) is 0 Å². The van der Waals surface area contributed by atoms with Crippen LogP contribution in [0, 0.1) is 0 Å². The monoisotopic (exact) mass is 485 g/mol. The summed E-state index contributed by atoms with van der Waals surface area (Å²) in [6.07, 6.45) is 0.